The van der Waals surface area contributed by atoms with Gasteiger partial charge >= 0.3 is 5.97 Å². The minimum Gasteiger partial charge on any atom is -0.449 e. The number of para-hydroxylation sites is 1. The number of primary amides is 1. The first-order chi connectivity index (χ1) is 17.3. The summed E-state index contributed by atoms with van der Waals surface area (Å²) < 4.78 is 5.39. The van der Waals surface area contributed by atoms with Crippen molar-refractivity contribution < 1.29 is 23.9 Å². The van der Waals surface area contributed by atoms with E-state index in [0.29, 0.717) is 22.7 Å². The number of amides is 3. The van der Waals surface area contributed by atoms with Crippen molar-refractivity contribution in [2.24, 2.45) is 5.73 Å². The van der Waals surface area contributed by atoms with Gasteiger partial charge in [-0.2, -0.15) is 0 Å². The van der Waals surface area contributed by atoms with Gasteiger partial charge in [-0.3, -0.25) is 14.4 Å². The zero-order chi connectivity index (χ0) is 25.7. The van der Waals surface area contributed by atoms with Crippen LogP contribution >= 0.6 is 11.8 Å². The standard InChI is InChI=1S/C27H25N3O5S/c1-17(26(33)29-20-12-10-19(11-13-20)25(28)32)35-27(34)21-7-3-5-9-23(21)36-16-24(31)30-15-14-18-6-2-4-8-22(18)30/h2-13,17H,14-16H2,1H3,(H2,28,32)(H,29,33). The summed E-state index contributed by atoms with van der Waals surface area (Å²) in [5, 5.41) is 2.64. The molecule has 0 aromatic heterocycles. The molecule has 0 bridgehead atoms. The highest BCUT2D eigenvalue weighted by Crippen LogP contribution is 2.30. The number of rotatable bonds is 8. The fraction of sp³-hybridized carbons (Fsp3) is 0.185. The second-order valence-electron chi connectivity index (χ2n) is 8.19. The van der Waals surface area contributed by atoms with Gasteiger partial charge < -0.3 is 20.7 Å². The highest BCUT2D eigenvalue weighted by atomic mass is 32.2. The summed E-state index contributed by atoms with van der Waals surface area (Å²) in [5.74, 6) is -1.63. The average Bonchev–Trinajstić information content (AvgIpc) is 3.32. The van der Waals surface area contributed by atoms with Gasteiger partial charge in [0.15, 0.2) is 6.10 Å². The molecule has 0 fully saturated rings. The van der Waals surface area contributed by atoms with E-state index in [4.69, 9.17) is 10.5 Å². The van der Waals surface area contributed by atoms with Gasteiger partial charge in [-0.05, 0) is 61.4 Å². The first-order valence-corrected chi connectivity index (χ1v) is 12.3. The molecule has 1 heterocycles. The molecule has 0 saturated carbocycles. The largest absolute Gasteiger partial charge is 0.449 e. The Hall–Kier alpha value is -4.11. The zero-order valence-electron chi connectivity index (χ0n) is 19.6. The zero-order valence-corrected chi connectivity index (χ0v) is 20.4. The number of nitrogens with one attached hydrogen (secondary N) is 1. The summed E-state index contributed by atoms with van der Waals surface area (Å²) in [5.41, 5.74) is 8.33. The maximum absolute atomic E-state index is 12.9. The van der Waals surface area contributed by atoms with Crippen molar-refractivity contribution in [3.63, 3.8) is 0 Å². The molecule has 0 aliphatic carbocycles. The minimum absolute atomic E-state index is 0.0387. The molecule has 1 aliphatic heterocycles. The number of anilines is 2. The fourth-order valence-electron chi connectivity index (χ4n) is 3.82. The van der Waals surface area contributed by atoms with E-state index in [1.165, 1.54) is 43.0 Å². The Kier molecular flexibility index (Phi) is 7.70. The number of esters is 1. The van der Waals surface area contributed by atoms with Crippen molar-refractivity contribution in [2.75, 3.05) is 22.5 Å². The molecule has 36 heavy (non-hydrogen) atoms. The number of fused-ring (bicyclic) bond motifs is 1. The van der Waals surface area contributed by atoms with Gasteiger partial charge in [0.1, 0.15) is 0 Å². The van der Waals surface area contributed by atoms with Crippen molar-refractivity contribution in [3.05, 3.63) is 89.5 Å². The van der Waals surface area contributed by atoms with Crippen LogP contribution in [0.15, 0.2) is 77.7 Å². The van der Waals surface area contributed by atoms with E-state index in [0.717, 1.165) is 17.7 Å². The van der Waals surface area contributed by atoms with Crippen LogP contribution in [0, 0.1) is 0 Å². The molecule has 3 amide bonds. The number of carbonyl (C=O) groups is 4. The van der Waals surface area contributed by atoms with Crippen LogP contribution in [0.4, 0.5) is 11.4 Å². The molecule has 0 saturated heterocycles. The lowest BCUT2D eigenvalue weighted by molar-refractivity contribution is -0.123. The van der Waals surface area contributed by atoms with Crippen LogP contribution in [-0.2, 0) is 20.7 Å². The van der Waals surface area contributed by atoms with Crippen LogP contribution in [0.25, 0.3) is 0 Å². The van der Waals surface area contributed by atoms with Gasteiger partial charge in [-0.25, -0.2) is 4.79 Å². The normalized spacial score (nSPS) is 13.0. The van der Waals surface area contributed by atoms with Crippen LogP contribution in [0.2, 0.25) is 0 Å². The molecule has 1 aliphatic rings. The Morgan fingerprint density at radius 2 is 1.69 bits per heavy atom. The monoisotopic (exact) mass is 503 g/mol. The van der Waals surface area contributed by atoms with E-state index in [2.05, 4.69) is 5.32 Å². The summed E-state index contributed by atoms with van der Waals surface area (Å²) in [6, 6.07) is 20.7. The second kappa shape index (κ2) is 11.1. The Labute approximate surface area is 212 Å². The van der Waals surface area contributed by atoms with E-state index < -0.39 is 23.9 Å². The molecular formula is C27H25N3O5S. The first-order valence-electron chi connectivity index (χ1n) is 11.4. The number of hydrogen-bond acceptors (Lipinski definition) is 6. The van der Waals surface area contributed by atoms with E-state index >= 15 is 0 Å². The third-order valence-corrected chi connectivity index (χ3v) is 6.79. The third-order valence-electron chi connectivity index (χ3n) is 5.74. The van der Waals surface area contributed by atoms with Gasteiger partial charge in [0.05, 0.1) is 11.3 Å². The predicted octanol–water partition coefficient (Wildman–Crippen LogP) is 3.65. The summed E-state index contributed by atoms with van der Waals surface area (Å²) in [4.78, 5) is 51.8. The summed E-state index contributed by atoms with van der Waals surface area (Å²) >= 11 is 1.26. The molecule has 3 aromatic carbocycles. The molecule has 1 unspecified atom stereocenters. The third kappa shape index (κ3) is 5.75. The number of hydrogen-bond donors (Lipinski definition) is 2. The Morgan fingerprint density at radius 3 is 2.44 bits per heavy atom. The lowest BCUT2D eigenvalue weighted by atomic mass is 10.2. The molecule has 3 N–H and O–H groups in total. The smallest absolute Gasteiger partial charge is 0.340 e. The number of nitrogens with zero attached hydrogens (tertiary/aromatic N) is 1. The number of thioether (sulfide) groups is 1. The average molecular weight is 504 g/mol. The quantitative estimate of drug-likeness (QED) is 0.358. The van der Waals surface area contributed by atoms with Crippen molar-refractivity contribution in [3.8, 4) is 0 Å². The molecule has 184 valence electrons. The first kappa shape index (κ1) is 25.0. The van der Waals surface area contributed by atoms with E-state index in [1.54, 1.807) is 29.2 Å². The lowest BCUT2D eigenvalue weighted by Crippen LogP contribution is -2.31. The molecular weight excluding hydrogens is 478 g/mol. The van der Waals surface area contributed by atoms with Crippen LogP contribution in [-0.4, -0.2) is 42.1 Å². The van der Waals surface area contributed by atoms with Gasteiger partial charge in [-0.15, -0.1) is 11.8 Å². The van der Waals surface area contributed by atoms with Gasteiger partial charge in [0.2, 0.25) is 11.8 Å². The summed E-state index contributed by atoms with van der Waals surface area (Å²) in [6.45, 7) is 2.11. The molecule has 9 heteroatoms. The SMILES string of the molecule is CC(OC(=O)c1ccccc1SCC(=O)N1CCc2ccccc21)C(=O)Nc1ccc(C(N)=O)cc1. The minimum atomic E-state index is -1.07. The van der Waals surface area contributed by atoms with E-state index in [-0.39, 0.29) is 17.2 Å². The van der Waals surface area contributed by atoms with Crippen LogP contribution < -0.4 is 16.0 Å². The predicted molar refractivity (Wildman–Crippen MR) is 138 cm³/mol. The fourth-order valence-corrected chi connectivity index (χ4v) is 4.73. The molecule has 3 aromatic rings. The van der Waals surface area contributed by atoms with Crippen LogP contribution in [0.1, 0.15) is 33.2 Å². The molecule has 8 nitrogen and oxygen atoms in total. The lowest BCUT2D eigenvalue weighted by Gasteiger charge is -2.18. The maximum Gasteiger partial charge on any atom is 0.340 e. The number of ether oxygens (including phenoxy) is 1. The number of nitrogens with two attached hydrogens (primary N) is 1. The Balaban J connectivity index is 1.35. The maximum atomic E-state index is 12.9. The molecule has 4 rings (SSSR count). The van der Waals surface area contributed by atoms with E-state index in [1.807, 2.05) is 24.3 Å². The molecule has 0 radical (unpaired) electrons. The topological polar surface area (TPSA) is 119 Å². The van der Waals surface area contributed by atoms with Gasteiger partial charge in [-0.1, -0.05) is 30.3 Å². The summed E-state index contributed by atoms with van der Waals surface area (Å²) in [6.07, 6.45) is -0.251. The van der Waals surface area contributed by atoms with Gasteiger partial charge in [0.25, 0.3) is 5.91 Å². The number of benzene rings is 3. The molecule has 1 atom stereocenters. The van der Waals surface area contributed by atoms with Crippen LogP contribution in [0.3, 0.4) is 0 Å². The van der Waals surface area contributed by atoms with E-state index in [9.17, 15) is 19.2 Å². The Bertz CT molecular complexity index is 1310. The van der Waals surface area contributed by atoms with Crippen molar-refractivity contribution in [2.45, 2.75) is 24.3 Å². The van der Waals surface area contributed by atoms with Crippen molar-refractivity contribution in [1.29, 1.82) is 0 Å². The second-order valence-corrected chi connectivity index (χ2v) is 9.20. The highest BCUT2D eigenvalue weighted by Gasteiger charge is 2.25. The van der Waals surface area contributed by atoms with Crippen molar-refractivity contribution in [1.82, 2.24) is 0 Å². The van der Waals surface area contributed by atoms with Crippen LogP contribution in [0.5, 0.6) is 0 Å². The number of carbonyl (C=O) groups excluding carboxylic acids is 4. The Morgan fingerprint density at radius 1 is 1.00 bits per heavy atom. The molecule has 0 spiro atoms. The van der Waals surface area contributed by atoms with Gasteiger partial charge in [0, 0.05) is 28.4 Å². The summed E-state index contributed by atoms with van der Waals surface area (Å²) in [7, 11) is 0. The highest BCUT2D eigenvalue weighted by molar-refractivity contribution is 8.00. The van der Waals surface area contributed by atoms with Crippen molar-refractivity contribution >= 4 is 46.8 Å².